The molecule has 4 heterocycles. The van der Waals surface area contributed by atoms with Crippen LogP contribution in [0.3, 0.4) is 0 Å². The van der Waals surface area contributed by atoms with Crippen LogP contribution in [0.2, 0.25) is 0 Å². The second kappa shape index (κ2) is 7.38. The minimum absolute atomic E-state index is 0.0730. The van der Waals surface area contributed by atoms with Gasteiger partial charge in [-0.3, -0.25) is 9.69 Å². The van der Waals surface area contributed by atoms with E-state index in [0.29, 0.717) is 17.4 Å². The van der Waals surface area contributed by atoms with Gasteiger partial charge >= 0.3 is 0 Å². The molecule has 0 bridgehead atoms. The summed E-state index contributed by atoms with van der Waals surface area (Å²) in [6, 6.07) is 4.24. The third-order valence-corrected chi connectivity index (χ3v) is 7.30. The van der Waals surface area contributed by atoms with Gasteiger partial charge in [-0.05, 0) is 50.3 Å². The molecule has 1 aliphatic carbocycles. The predicted octanol–water partition coefficient (Wildman–Crippen LogP) is 1.10. The number of hydrogen-bond acceptors (Lipinski definition) is 5. The lowest BCUT2D eigenvalue weighted by atomic mass is 9.77. The van der Waals surface area contributed by atoms with Gasteiger partial charge in [0.05, 0.1) is 23.4 Å². The number of piperazine rings is 1. The summed E-state index contributed by atoms with van der Waals surface area (Å²) in [5.74, 6) is 0.960. The van der Waals surface area contributed by atoms with Crippen molar-refractivity contribution in [2.45, 2.75) is 31.9 Å². The average Bonchev–Trinajstić information content (AvgIpc) is 3.31. The highest BCUT2D eigenvalue weighted by Gasteiger charge is 2.45. The summed E-state index contributed by atoms with van der Waals surface area (Å²) in [5.41, 5.74) is 2.67. The third-order valence-electron chi connectivity index (χ3n) is 7.30. The number of aliphatic hydroxyl groups excluding tert-OH is 1. The fourth-order valence-corrected chi connectivity index (χ4v) is 5.54. The van der Waals surface area contributed by atoms with Crippen molar-refractivity contribution >= 4 is 11.4 Å². The van der Waals surface area contributed by atoms with Gasteiger partial charge in [-0.25, -0.2) is 4.52 Å². The number of pyridine rings is 1. The van der Waals surface area contributed by atoms with Gasteiger partial charge in [0.2, 0.25) is 0 Å². The fraction of sp³-hybridized carbons (Fsp3) is 0.636. The predicted molar refractivity (Wildman–Crippen MR) is 111 cm³/mol. The van der Waals surface area contributed by atoms with Crippen molar-refractivity contribution in [1.29, 1.82) is 0 Å². The molecule has 3 fully saturated rings. The van der Waals surface area contributed by atoms with Crippen molar-refractivity contribution in [2.24, 2.45) is 11.8 Å². The highest BCUT2D eigenvalue weighted by molar-refractivity contribution is 6.00. The highest BCUT2D eigenvalue weighted by Crippen LogP contribution is 2.39. The van der Waals surface area contributed by atoms with Crippen LogP contribution in [0.1, 0.15) is 28.8 Å². The second-order valence-electron chi connectivity index (χ2n) is 9.27. The Balaban J connectivity index is 1.29. The SMILES string of the molecule is Cc1ccc2c(C(=O)N3C[C@H]4C[C@@H](N5CCN(C)CC5)[C@H](O)C[C@H]4C3)cnn2c1. The van der Waals surface area contributed by atoms with E-state index in [-0.39, 0.29) is 18.1 Å². The number of aliphatic hydroxyl groups is 1. The quantitative estimate of drug-likeness (QED) is 0.822. The minimum Gasteiger partial charge on any atom is -0.391 e. The van der Waals surface area contributed by atoms with Gasteiger partial charge in [0.25, 0.3) is 5.91 Å². The molecule has 2 aromatic heterocycles. The van der Waals surface area contributed by atoms with Gasteiger partial charge in [-0.15, -0.1) is 0 Å². The van der Waals surface area contributed by atoms with Crippen molar-refractivity contribution in [3.63, 3.8) is 0 Å². The van der Waals surface area contributed by atoms with Gasteiger partial charge in [-0.2, -0.15) is 5.10 Å². The van der Waals surface area contributed by atoms with Crippen LogP contribution in [0.4, 0.5) is 0 Å². The van der Waals surface area contributed by atoms with Gasteiger partial charge in [-0.1, -0.05) is 6.07 Å². The number of amides is 1. The topological polar surface area (TPSA) is 64.3 Å². The van der Waals surface area contributed by atoms with E-state index in [1.165, 1.54) is 0 Å². The van der Waals surface area contributed by atoms with E-state index >= 15 is 0 Å². The molecule has 7 nitrogen and oxygen atoms in total. The maximum absolute atomic E-state index is 13.2. The van der Waals surface area contributed by atoms with Gasteiger partial charge in [0.15, 0.2) is 0 Å². The Hall–Kier alpha value is -1.96. The molecule has 3 aliphatic rings. The Bertz CT molecular complexity index is 904. The number of aryl methyl sites for hydroxylation is 1. The first kappa shape index (κ1) is 19.0. The molecule has 156 valence electrons. The largest absolute Gasteiger partial charge is 0.391 e. The molecule has 0 spiro atoms. The highest BCUT2D eigenvalue weighted by atomic mass is 16.3. The van der Waals surface area contributed by atoms with E-state index in [2.05, 4.69) is 21.9 Å². The van der Waals surface area contributed by atoms with Gasteiger partial charge < -0.3 is 14.9 Å². The molecule has 1 N–H and O–H groups in total. The molecule has 4 atom stereocenters. The molecule has 2 aromatic rings. The molecule has 0 radical (unpaired) electrons. The monoisotopic (exact) mass is 397 g/mol. The van der Waals surface area contributed by atoms with Crippen molar-refractivity contribution in [3.05, 3.63) is 35.7 Å². The minimum atomic E-state index is -0.283. The van der Waals surface area contributed by atoms with Gasteiger partial charge in [0.1, 0.15) is 0 Å². The average molecular weight is 398 g/mol. The lowest BCUT2D eigenvalue weighted by molar-refractivity contribution is -0.0249. The smallest absolute Gasteiger partial charge is 0.257 e. The molecule has 0 unspecified atom stereocenters. The van der Waals surface area contributed by atoms with Crippen molar-refractivity contribution in [3.8, 4) is 0 Å². The molecule has 1 saturated carbocycles. The van der Waals surface area contributed by atoms with E-state index in [1.807, 2.05) is 30.2 Å². The zero-order valence-corrected chi connectivity index (χ0v) is 17.4. The normalized spacial score (nSPS) is 31.3. The number of rotatable bonds is 2. The van der Waals surface area contributed by atoms with E-state index in [1.54, 1.807) is 10.7 Å². The van der Waals surface area contributed by atoms with E-state index < -0.39 is 0 Å². The maximum Gasteiger partial charge on any atom is 0.257 e. The summed E-state index contributed by atoms with van der Waals surface area (Å²) in [4.78, 5) is 20.1. The van der Waals surface area contributed by atoms with Crippen LogP contribution < -0.4 is 0 Å². The van der Waals surface area contributed by atoms with Gasteiger partial charge in [0, 0.05) is 51.5 Å². The molecule has 0 aromatic carbocycles. The fourth-order valence-electron chi connectivity index (χ4n) is 5.54. The zero-order chi connectivity index (χ0) is 20.1. The Labute approximate surface area is 171 Å². The first-order chi connectivity index (χ1) is 14.0. The molecule has 2 saturated heterocycles. The van der Waals surface area contributed by atoms with Crippen molar-refractivity contribution < 1.29 is 9.90 Å². The standard InChI is InChI=1S/C22H31N5O2/c1-15-3-4-19-18(11-23-27(19)12-15)22(29)26-13-16-9-20(21(28)10-17(16)14-26)25-7-5-24(2)6-8-25/h3-4,11-12,16-17,20-21,28H,5-10,13-14H2,1-2H3/t16-,17+,20-,21-/m1/s1. The first-order valence-corrected chi connectivity index (χ1v) is 10.8. The summed E-state index contributed by atoms with van der Waals surface area (Å²) in [7, 11) is 2.16. The number of likely N-dealkylation sites (tertiary alicyclic amines) is 1. The van der Waals surface area contributed by atoms with Crippen LogP contribution in [-0.2, 0) is 0 Å². The second-order valence-corrected chi connectivity index (χ2v) is 9.27. The number of carbonyl (C=O) groups excluding carboxylic acids is 1. The first-order valence-electron chi connectivity index (χ1n) is 10.8. The summed E-state index contributed by atoms with van der Waals surface area (Å²) in [6.45, 7) is 7.76. The molecular weight excluding hydrogens is 366 g/mol. The lowest BCUT2D eigenvalue weighted by Crippen LogP contribution is -2.55. The van der Waals surface area contributed by atoms with Crippen LogP contribution in [0.25, 0.3) is 5.52 Å². The van der Waals surface area contributed by atoms with E-state index in [9.17, 15) is 9.90 Å². The van der Waals surface area contributed by atoms with Crippen LogP contribution >= 0.6 is 0 Å². The summed E-state index contributed by atoms with van der Waals surface area (Å²) >= 11 is 0. The summed E-state index contributed by atoms with van der Waals surface area (Å²) < 4.78 is 1.79. The Morgan fingerprint density at radius 1 is 1.10 bits per heavy atom. The molecule has 7 heteroatoms. The molecule has 5 rings (SSSR count). The summed E-state index contributed by atoms with van der Waals surface area (Å²) in [6.07, 6.45) is 5.16. The van der Waals surface area contributed by atoms with Crippen LogP contribution in [-0.4, -0.2) is 93.8 Å². The number of fused-ring (bicyclic) bond motifs is 2. The Morgan fingerprint density at radius 2 is 1.83 bits per heavy atom. The van der Waals surface area contributed by atoms with Crippen molar-refractivity contribution in [2.75, 3.05) is 46.3 Å². The number of likely N-dealkylation sites (N-methyl/N-ethyl adjacent to an activating group) is 1. The van der Waals surface area contributed by atoms with Crippen LogP contribution in [0.5, 0.6) is 0 Å². The van der Waals surface area contributed by atoms with Crippen LogP contribution in [0.15, 0.2) is 24.5 Å². The van der Waals surface area contributed by atoms with Crippen LogP contribution in [0, 0.1) is 18.8 Å². The Morgan fingerprint density at radius 3 is 2.59 bits per heavy atom. The van der Waals surface area contributed by atoms with Crippen molar-refractivity contribution in [1.82, 2.24) is 24.3 Å². The zero-order valence-electron chi connectivity index (χ0n) is 17.4. The molecule has 2 aliphatic heterocycles. The molecule has 1 amide bonds. The number of carbonyl (C=O) groups is 1. The number of hydrogen-bond donors (Lipinski definition) is 1. The number of nitrogens with zero attached hydrogens (tertiary/aromatic N) is 5. The Kier molecular flexibility index (Phi) is 4.84. The van der Waals surface area contributed by atoms with E-state index in [0.717, 1.165) is 63.2 Å². The maximum atomic E-state index is 13.2. The number of aromatic nitrogens is 2. The lowest BCUT2D eigenvalue weighted by Gasteiger charge is -2.44. The summed E-state index contributed by atoms with van der Waals surface area (Å²) in [5, 5.41) is 15.2. The third kappa shape index (κ3) is 3.45. The molecular formula is C22H31N5O2. The van der Waals surface area contributed by atoms with E-state index in [4.69, 9.17) is 0 Å². The molecule has 29 heavy (non-hydrogen) atoms.